The van der Waals surface area contributed by atoms with Crippen molar-refractivity contribution in [2.45, 2.75) is 11.8 Å². The van der Waals surface area contributed by atoms with Crippen LogP contribution in [0.2, 0.25) is 0 Å². The summed E-state index contributed by atoms with van der Waals surface area (Å²) in [4.78, 5) is 25.0. The van der Waals surface area contributed by atoms with Gasteiger partial charge in [-0.3, -0.25) is 9.59 Å². The Labute approximate surface area is 140 Å². The maximum atomic E-state index is 12.0. The van der Waals surface area contributed by atoms with Gasteiger partial charge in [-0.2, -0.15) is 4.72 Å². The number of ether oxygens (including phenoxy) is 2. The van der Waals surface area contributed by atoms with E-state index in [4.69, 9.17) is 9.47 Å². The van der Waals surface area contributed by atoms with Crippen molar-refractivity contribution in [3.8, 4) is 0 Å². The van der Waals surface area contributed by atoms with Crippen molar-refractivity contribution in [3.63, 3.8) is 0 Å². The van der Waals surface area contributed by atoms with Crippen LogP contribution in [0.5, 0.6) is 0 Å². The third-order valence-corrected chi connectivity index (χ3v) is 4.88. The van der Waals surface area contributed by atoms with Gasteiger partial charge in [-0.15, -0.1) is 0 Å². The van der Waals surface area contributed by atoms with Gasteiger partial charge in [0.25, 0.3) is 5.91 Å². The van der Waals surface area contributed by atoms with E-state index in [-0.39, 0.29) is 10.8 Å². The molecule has 1 aliphatic rings. The Morgan fingerprint density at radius 2 is 1.83 bits per heavy atom. The second kappa shape index (κ2) is 8.22. The molecule has 24 heavy (non-hydrogen) atoms. The van der Waals surface area contributed by atoms with Crippen molar-refractivity contribution < 1.29 is 27.5 Å². The third kappa shape index (κ3) is 5.29. The minimum Gasteiger partial charge on any atom is -0.455 e. The number of morpholine rings is 1. The molecule has 0 spiro atoms. The molecule has 9 heteroatoms. The molecule has 132 valence electrons. The number of aryl methyl sites for hydroxylation is 1. The number of carbonyl (C=O) groups is 2. The van der Waals surface area contributed by atoms with E-state index in [1.54, 1.807) is 12.1 Å². The average molecular weight is 356 g/mol. The van der Waals surface area contributed by atoms with E-state index in [1.807, 2.05) is 6.92 Å². The predicted octanol–water partition coefficient (Wildman–Crippen LogP) is -0.325. The third-order valence-electron chi connectivity index (χ3n) is 3.46. The van der Waals surface area contributed by atoms with Crippen molar-refractivity contribution in [3.05, 3.63) is 29.8 Å². The van der Waals surface area contributed by atoms with Crippen LogP contribution in [-0.2, 0) is 29.1 Å². The van der Waals surface area contributed by atoms with E-state index >= 15 is 0 Å². The Kier molecular flexibility index (Phi) is 6.29. The van der Waals surface area contributed by atoms with E-state index in [0.717, 1.165) is 5.56 Å². The number of hydrogen-bond acceptors (Lipinski definition) is 6. The lowest BCUT2D eigenvalue weighted by Crippen LogP contribution is -2.43. The molecule has 1 aromatic rings. The molecule has 0 bridgehead atoms. The highest BCUT2D eigenvalue weighted by Gasteiger charge is 2.19. The summed E-state index contributed by atoms with van der Waals surface area (Å²) in [7, 11) is -3.79. The van der Waals surface area contributed by atoms with Crippen LogP contribution in [-0.4, -0.2) is 64.6 Å². The topological polar surface area (TPSA) is 102 Å². The van der Waals surface area contributed by atoms with Gasteiger partial charge in [-0.05, 0) is 19.1 Å². The number of nitrogens with one attached hydrogen (secondary N) is 1. The van der Waals surface area contributed by atoms with Crippen molar-refractivity contribution in [2.75, 3.05) is 39.5 Å². The molecule has 2 rings (SSSR count). The quantitative estimate of drug-likeness (QED) is 0.701. The molecule has 1 fully saturated rings. The summed E-state index contributed by atoms with van der Waals surface area (Å²) in [5, 5.41) is 0. The molecule has 1 aliphatic heterocycles. The number of nitrogens with zero attached hydrogens (tertiary/aromatic N) is 1. The van der Waals surface area contributed by atoms with E-state index in [0.29, 0.717) is 26.3 Å². The molecule has 0 aliphatic carbocycles. The molecule has 1 heterocycles. The largest absolute Gasteiger partial charge is 0.455 e. The molecular formula is C15H20N2O6S. The van der Waals surface area contributed by atoms with Crippen LogP contribution in [0.4, 0.5) is 0 Å². The van der Waals surface area contributed by atoms with Gasteiger partial charge in [0.05, 0.1) is 18.1 Å². The fourth-order valence-electron chi connectivity index (χ4n) is 2.05. The van der Waals surface area contributed by atoms with E-state index < -0.39 is 29.1 Å². The first-order chi connectivity index (χ1) is 11.4. The zero-order valence-corrected chi connectivity index (χ0v) is 14.2. The maximum absolute atomic E-state index is 12.0. The normalized spacial score (nSPS) is 15.1. The molecule has 1 aromatic carbocycles. The molecule has 0 unspecified atom stereocenters. The molecule has 0 saturated carbocycles. The highest BCUT2D eigenvalue weighted by atomic mass is 32.2. The van der Waals surface area contributed by atoms with Gasteiger partial charge in [-0.25, -0.2) is 8.42 Å². The predicted molar refractivity (Wildman–Crippen MR) is 84.7 cm³/mol. The lowest BCUT2D eigenvalue weighted by molar-refractivity contribution is -0.152. The van der Waals surface area contributed by atoms with Crippen molar-refractivity contribution in [2.24, 2.45) is 0 Å². The summed E-state index contributed by atoms with van der Waals surface area (Å²) in [5.74, 6) is -1.14. The van der Waals surface area contributed by atoms with Crippen molar-refractivity contribution in [1.29, 1.82) is 0 Å². The fourth-order valence-corrected chi connectivity index (χ4v) is 3.02. The molecule has 1 saturated heterocycles. The lowest BCUT2D eigenvalue weighted by Gasteiger charge is -2.26. The van der Waals surface area contributed by atoms with Crippen LogP contribution in [0.3, 0.4) is 0 Å². The Morgan fingerprint density at radius 3 is 2.46 bits per heavy atom. The number of hydrogen-bond donors (Lipinski definition) is 1. The Bertz CT molecular complexity index is 680. The summed E-state index contributed by atoms with van der Waals surface area (Å²) in [6.07, 6.45) is 0. The zero-order valence-electron chi connectivity index (χ0n) is 13.4. The van der Waals surface area contributed by atoms with E-state index in [1.165, 1.54) is 17.0 Å². The van der Waals surface area contributed by atoms with Crippen LogP contribution in [0.25, 0.3) is 0 Å². The van der Waals surface area contributed by atoms with Crippen molar-refractivity contribution >= 4 is 21.9 Å². The number of benzene rings is 1. The zero-order chi connectivity index (χ0) is 17.6. The standard InChI is InChI=1S/C15H20N2O6S/c1-12-2-4-13(5-3-12)24(20,21)16-10-15(19)23-11-14(18)17-6-8-22-9-7-17/h2-5,16H,6-11H2,1H3. The molecule has 0 atom stereocenters. The van der Waals surface area contributed by atoms with E-state index in [9.17, 15) is 18.0 Å². The minimum atomic E-state index is -3.79. The second-order valence-electron chi connectivity index (χ2n) is 5.29. The van der Waals surface area contributed by atoms with Gasteiger partial charge >= 0.3 is 5.97 Å². The summed E-state index contributed by atoms with van der Waals surface area (Å²) in [6.45, 7) is 2.71. The molecule has 1 N–H and O–H groups in total. The van der Waals surface area contributed by atoms with Crippen LogP contribution in [0.15, 0.2) is 29.2 Å². The Balaban J connectivity index is 1.78. The molecular weight excluding hydrogens is 336 g/mol. The van der Waals surface area contributed by atoms with Gasteiger partial charge in [-0.1, -0.05) is 17.7 Å². The van der Waals surface area contributed by atoms with Crippen molar-refractivity contribution in [1.82, 2.24) is 9.62 Å². The number of sulfonamides is 1. The number of rotatable bonds is 6. The molecule has 8 nitrogen and oxygen atoms in total. The van der Waals surface area contributed by atoms with Gasteiger partial charge in [0, 0.05) is 13.1 Å². The number of carbonyl (C=O) groups excluding carboxylic acids is 2. The summed E-state index contributed by atoms with van der Waals surface area (Å²) >= 11 is 0. The van der Waals surface area contributed by atoms with Crippen LogP contribution >= 0.6 is 0 Å². The summed E-state index contributed by atoms with van der Waals surface area (Å²) < 4.78 is 36.1. The van der Waals surface area contributed by atoms with Gasteiger partial charge in [0.2, 0.25) is 10.0 Å². The van der Waals surface area contributed by atoms with Crippen LogP contribution < -0.4 is 4.72 Å². The molecule has 0 radical (unpaired) electrons. The number of esters is 1. The highest BCUT2D eigenvalue weighted by molar-refractivity contribution is 7.89. The molecule has 0 aromatic heterocycles. The van der Waals surface area contributed by atoms with Gasteiger partial charge in [0.15, 0.2) is 6.61 Å². The number of amides is 1. The first kappa shape index (κ1) is 18.4. The Morgan fingerprint density at radius 1 is 1.21 bits per heavy atom. The fraction of sp³-hybridized carbons (Fsp3) is 0.467. The van der Waals surface area contributed by atoms with Crippen LogP contribution in [0, 0.1) is 6.92 Å². The molecule has 1 amide bonds. The Hall–Kier alpha value is -1.97. The summed E-state index contributed by atoms with van der Waals surface area (Å²) in [5.41, 5.74) is 0.926. The van der Waals surface area contributed by atoms with Gasteiger partial charge < -0.3 is 14.4 Å². The van der Waals surface area contributed by atoms with E-state index in [2.05, 4.69) is 4.72 Å². The SMILES string of the molecule is Cc1ccc(S(=O)(=O)NCC(=O)OCC(=O)N2CCOCC2)cc1. The minimum absolute atomic E-state index is 0.0605. The highest BCUT2D eigenvalue weighted by Crippen LogP contribution is 2.09. The lowest BCUT2D eigenvalue weighted by atomic mass is 10.2. The average Bonchev–Trinajstić information content (AvgIpc) is 2.59. The van der Waals surface area contributed by atoms with Gasteiger partial charge in [0.1, 0.15) is 6.54 Å². The smallest absolute Gasteiger partial charge is 0.321 e. The second-order valence-corrected chi connectivity index (χ2v) is 7.06. The first-order valence-electron chi connectivity index (χ1n) is 7.46. The first-order valence-corrected chi connectivity index (χ1v) is 8.94. The maximum Gasteiger partial charge on any atom is 0.321 e. The monoisotopic (exact) mass is 356 g/mol. The summed E-state index contributed by atoms with van der Waals surface area (Å²) in [6, 6.07) is 6.22. The van der Waals surface area contributed by atoms with Crippen LogP contribution in [0.1, 0.15) is 5.56 Å².